The van der Waals surface area contributed by atoms with E-state index >= 15 is 0 Å². The molecule has 0 atom stereocenters. The van der Waals surface area contributed by atoms with Gasteiger partial charge in [-0.05, 0) is 218 Å². The van der Waals surface area contributed by atoms with Crippen LogP contribution in [0.1, 0.15) is 20.7 Å². The van der Waals surface area contributed by atoms with Gasteiger partial charge in [0.15, 0.2) is 0 Å². The minimum atomic E-state index is -1.25. The Bertz CT molecular complexity index is 4730. The van der Waals surface area contributed by atoms with Crippen molar-refractivity contribution < 1.29 is 38.4 Å². The molecule has 11 aromatic carbocycles. The summed E-state index contributed by atoms with van der Waals surface area (Å²) in [5, 5.41) is 17.0. The maximum atomic E-state index is 13.8. The summed E-state index contributed by atoms with van der Waals surface area (Å²) in [6.45, 7) is -0.710. The Labute approximate surface area is 529 Å². The van der Waals surface area contributed by atoms with Gasteiger partial charge >= 0.3 is 5.97 Å². The highest BCUT2D eigenvalue weighted by molar-refractivity contribution is 7.26. The molecular weight excluding hydrogens is 1180 g/mol. The SMILES string of the molecule is COc1ccc(N(c2ccc(OC)cc2)c2ccc(-c3ccc(-c4cc(-c5ccc6c7ccc8c9c(ccc(c%10cccc5c%106)c97)C(=O)N(CC(=O)O)C8=O)sc4-c4ccc(-c5ccc(N(c6ccc(OC)cc6)c6ccc(OC)cc6)cc5)s4)s3)cc2)cc1. The molecular formula is C76H53N3O8S3. The van der Waals surface area contributed by atoms with Gasteiger partial charge in [0.05, 0.1) is 33.3 Å². The van der Waals surface area contributed by atoms with E-state index in [9.17, 15) is 19.5 Å². The number of benzene rings is 11. The molecule has 1 aliphatic heterocycles. The summed E-state index contributed by atoms with van der Waals surface area (Å²) in [4.78, 5) is 51.6. The predicted molar refractivity (Wildman–Crippen MR) is 367 cm³/mol. The zero-order valence-corrected chi connectivity index (χ0v) is 51.5. The van der Waals surface area contributed by atoms with E-state index in [1.165, 1.54) is 0 Å². The topological polar surface area (TPSA) is 118 Å². The lowest BCUT2D eigenvalue weighted by Crippen LogP contribution is -2.43. The Morgan fingerprint density at radius 3 is 1.17 bits per heavy atom. The lowest BCUT2D eigenvalue weighted by atomic mass is 9.84. The van der Waals surface area contributed by atoms with Crippen LogP contribution in [0, 0.1) is 0 Å². The van der Waals surface area contributed by atoms with Crippen LogP contribution in [0.2, 0.25) is 0 Å². The number of rotatable bonds is 17. The van der Waals surface area contributed by atoms with Crippen LogP contribution < -0.4 is 28.7 Å². The molecule has 3 aromatic heterocycles. The molecule has 4 heterocycles. The fourth-order valence-electron chi connectivity index (χ4n) is 12.5. The first-order valence-corrected chi connectivity index (χ1v) is 31.5. The lowest BCUT2D eigenvalue weighted by Gasteiger charge is -2.27. The molecule has 0 unspecified atom stereocenters. The largest absolute Gasteiger partial charge is 0.497 e. The van der Waals surface area contributed by atoms with Crippen LogP contribution in [0.25, 0.3) is 94.6 Å². The van der Waals surface area contributed by atoms with Gasteiger partial charge in [-0.15, -0.1) is 34.0 Å². The van der Waals surface area contributed by atoms with E-state index < -0.39 is 24.3 Å². The number of carboxylic acids is 1. The van der Waals surface area contributed by atoms with Gasteiger partial charge in [-0.25, -0.2) is 0 Å². The van der Waals surface area contributed by atoms with Crippen LogP contribution in [0.3, 0.4) is 0 Å². The first kappa shape index (κ1) is 55.8. The quantitative estimate of drug-likeness (QED) is 0.0536. The monoisotopic (exact) mass is 1230 g/mol. The summed E-state index contributed by atoms with van der Waals surface area (Å²) in [6, 6.07) is 79.2. The number of hydrogen-bond donors (Lipinski definition) is 1. The number of imide groups is 1. The molecule has 0 saturated carbocycles. The van der Waals surface area contributed by atoms with E-state index in [1.807, 2.05) is 60.7 Å². The molecule has 438 valence electrons. The predicted octanol–water partition coefficient (Wildman–Crippen LogP) is 19.9. The minimum absolute atomic E-state index is 0.321. The van der Waals surface area contributed by atoms with Gasteiger partial charge in [0, 0.05) is 80.6 Å². The number of carbonyl (C=O) groups is 3. The molecule has 0 spiro atoms. The molecule has 90 heavy (non-hydrogen) atoms. The number of thiophene rings is 3. The third-order valence-corrected chi connectivity index (χ3v) is 20.5. The van der Waals surface area contributed by atoms with Crippen LogP contribution in [0.5, 0.6) is 23.0 Å². The van der Waals surface area contributed by atoms with Crippen LogP contribution in [-0.2, 0) is 4.79 Å². The molecule has 0 bridgehead atoms. The number of amides is 2. The van der Waals surface area contributed by atoms with E-state index in [-0.39, 0.29) is 0 Å². The van der Waals surface area contributed by atoms with Crippen LogP contribution in [0.4, 0.5) is 34.1 Å². The van der Waals surface area contributed by atoms with Crippen LogP contribution in [-0.4, -0.2) is 62.8 Å². The molecule has 11 nitrogen and oxygen atoms in total. The summed E-state index contributed by atoms with van der Waals surface area (Å²) in [5.41, 5.74) is 11.1. The standard InChI is InChI=1S/C76H53N3O8S3/c1-84-52-24-16-48(17-25-52)78(49-18-26-53(85-2)27-19-49)46-12-8-44(9-13-46)65-38-40-67(88-65)64-42-69(56-32-33-59-61-35-37-63-73-62(75(82)77(76(63)83)43-70(80)81)36-34-60(72(61)73)58-7-5-6-57(56)71(58)59)90-74(64)68-41-39-66(89-68)45-10-14-47(15-11-45)79(50-20-28-54(86-3)29-21-50)51-22-30-55(87-4)31-23-51/h5-42H,43H2,1-4H3,(H,80,81). The number of anilines is 6. The smallest absolute Gasteiger partial charge is 0.323 e. The van der Waals surface area contributed by atoms with Crippen molar-refractivity contribution in [1.82, 2.24) is 4.90 Å². The van der Waals surface area contributed by atoms with Gasteiger partial charge in [0.1, 0.15) is 29.5 Å². The number of hydrogen-bond acceptors (Lipinski definition) is 12. The average Bonchev–Trinajstić information content (AvgIpc) is 0.720. The van der Waals surface area contributed by atoms with E-state index in [1.54, 1.807) is 74.6 Å². The van der Waals surface area contributed by atoms with Crippen molar-refractivity contribution in [2.24, 2.45) is 0 Å². The van der Waals surface area contributed by atoms with Crippen LogP contribution >= 0.6 is 34.0 Å². The van der Waals surface area contributed by atoms with Gasteiger partial charge in [-0.3, -0.25) is 19.3 Å². The van der Waals surface area contributed by atoms with Gasteiger partial charge in [0.25, 0.3) is 11.8 Å². The first-order chi connectivity index (χ1) is 44.1. The van der Waals surface area contributed by atoms with Gasteiger partial charge in [0.2, 0.25) is 0 Å². The summed E-state index contributed by atoms with van der Waals surface area (Å²) in [6.07, 6.45) is 0. The van der Waals surface area contributed by atoms with Crippen molar-refractivity contribution >= 4 is 129 Å². The van der Waals surface area contributed by atoms with Crippen molar-refractivity contribution in [1.29, 1.82) is 0 Å². The number of nitrogens with zero attached hydrogens (tertiary/aromatic N) is 3. The second-order valence-electron chi connectivity index (χ2n) is 21.8. The maximum absolute atomic E-state index is 13.8. The molecule has 2 amide bonds. The highest BCUT2D eigenvalue weighted by Gasteiger charge is 2.36. The molecule has 0 radical (unpaired) electrons. The average molecular weight is 1230 g/mol. The molecule has 0 aliphatic carbocycles. The fraction of sp³-hybridized carbons (Fsp3) is 0.0658. The van der Waals surface area contributed by atoms with Crippen molar-refractivity contribution in [3.05, 3.63) is 242 Å². The highest BCUT2D eigenvalue weighted by atomic mass is 32.1. The van der Waals surface area contributed by atoms with Gasteiger partial charge in [-0.2, -0.15) is 0 Å². The lowest BCUT2D eigenvalue weighted by molar-refractivity contribution is -0.137. The summed E-state index contributed by atoms with van der Waals surface area (Å²) in [5.74, 6) is 0.669. The third kappa shape index (κ3) is 9.60. The van der Waals surface area contributed by atoms with Crippen molar-refractivity contribution in [3.63, 3.8) is 0 Å². The summed E-state index contributed by atoms with van der Waals surface area (Å²) >= 11 is 5.34. The second-order valence-corrected chi connectivity index (χ2v) is 25.0. The van der Waals surface area contributed by atoms with E-state index in [2.05, 4.69) is 168 Å². The minimum Gasteiger partial charge on any atom is -0.497 e. The van der Waals surface area contributed by atoms with E-state index in [4.69, 9.17) is 18.9 Å². The van der Waals surface area contributed by atoms with E-state index in [0.29, 0.717) is 16.5 Å². The zero-order valence-electron chi connectivity index (χ0n) is 49.0. The Balaban J connectivity index is 0.827. The maximum Gasteiger partial charge on any atom is 0.323 e. The van der Waals surface area contributed by atoms with Crippen LogP contribution in [0.15, 0.2) is 231 Å². The number of carbonyl (C=O) groups excluding carboxylic acids is 2. The third-order valence-electron chi connectivity index (χ3n) is 16.9. The number of aliphatic carboxylic acids is 1. The zero-order chi connectivity index (χ0) is 61.3. The molecule has 1 aliphatic rings. The molecule has 15 rings (SSSR count). The molecule has 0 fully saturated rings. The summed E-state index contributed by atoms with van der Waals surface area (Å²) in [7, 11) is 6.70. The second kappa shape index (κ2) is 22.7. The number of carboxylic acid groups (broad SMARTS) is 1. The summed E-state index contributed by atoms with van der Waals surface area (Å²) < 4.78 is 22.1. The van der Waals surface area contributed by atoms with Gasteiger partial charge < -0.3 is 33.9 Å². The number of methoxy groups -OCH3 is 4. The Kier molecular flexibility index (Phi) is 14.1. The Morgan fingerprint density at radius 2 is 0.733 bits per heavy atom. The van der Waals surface area contributed by atoms with Crippen molar-refractivity contribution in [3.8, 4) is 74.5 Å². The Morgan fingerprint density at radius 1 is 0.367 bits per heavy atom. The molecule has 14 aromatic rings. The van der Waals surface area contributed by atoms with Gasteiger partial charge in [-0.1, -0.05) is 66.7 Å². The number of ether oxygens (including phenoxy) is 4. The molecule has 14 heteroatoms. The van der Waals surface area contributed by atoms with Crippen molar-refractivity contribution in [2.75, 3.05) is 44.8 Å². The molecule has 1 N–H and O–H groups in total. The van der Waals surface area contributed by atoms with E-state index in [0.717, 1.165) is 151 Å². The highest BCUT2D eigenvalue weighted by Crippen LogP contribution is 2.53. The Hall–Kier alpha value is -10.8. The fourth-order valence-corrected chi connectivity index (χ4v) is 16.0. The first-order valence-electron chi connectivity index (χ1n) is 29.0. The van der Waals surface area contributed by atoms with Crippen molar-refractivity contribution in [2.45, 2.75) is 0 Å². The molecule has 0 saturated heterocycles. The normalized spacial score (nSPS) is 12.2. The number of fused-ring (bicyclic) bond motifs is 2.